The van der Waals surface area contributed by atoms with Crippen LogP contribution in [-0.4, -0.2) is 10.1 Å². The van der Waals surface area contributed by atoms with Crippen molar-refractivity contribution >= 4 is 0 Å². The van der Waals surface area contributed by atoms with Gasteiger partial charge >= 0.3 is 0 Å². The van der Waals surface area contributed by atoms with Gasteiger partial charge in [0.25, 0.3) is 0 Å². The van der Waals surface area contributed by atoms with Gasteiger partial charge in [-0.25, -0.2) is 0 Å². The molecule has 0 bridgehead atoms. The van der Waals surface area contributed by atoms with Gasteiger partial charge in [0.05, 0.1) is 6.10 Å². The molecule has 1 heterocycles. The lowest BCUT2D eigenvalue weighted by Crippen LogP contribution is -2.00. The summed E-state index contributed by atoms with van der Waals surface area (Å²) in [4.78, 5) is 4.31. The van der Waals surface area contributed by atoms with Gasteiger partial charge in [-0.05, 0) is 50.3 Å². The third-order valence-electron chi connectivity index (χ3n) is 3.03. The molecule has 0 aromatic carbocycles. The smallest absolute Gasteiger partial charge is 0.0791 e. The van der Waals surface area contributed by atoms with E-state index in [1.54, 1.807) is 0 Å². The van der Waals surface area contributed by atoms with Gasteiger partial charge in [0.15, 0.2) is 0 Å². The summed E-state index contributed by atoms with van der Waals surface area (Å²) >= 11 is 0. The summed E-state index contributed by atoms with van der Waals surface area (Å²) in [6.07, 6.45) is 4.49. The standard InChI is InChI=1S/C13H19NO/c1-9-7-12(8-10(2)14-9)13(15)6-5-11-3-4-11/h7-8,11,13,15H,3-6H2,1-2H3. The van der Waals surface area contributed by atoms with Crippen molar-refractivity contribution in [1.82, 2.24) is 4.98 Å². The highest BCUT2D eigenvalue weighted by molar-refractivity contribution is 5.22. The number of nitrogens with zero attached hydrogens (tertiary/aromatic N) is 1. The molecule has 2 nitrogen and oxygen atoms in total. The maximum absolute atomic E-state index is 10.0. The first-order chi connectivity index (χ1) is 7.15. The van der Waals surface area contributed by atoms with Crippen LogP contribution in [0.4, 0.5) is 0 Å². The molecular formula is C13H19NO. The van der Waals surface area contributed by atoms with Crippen LogP contribution in [0.5, 0.6) is 0 Å². The van der Waals surface area contributed by atoms with Crippen molar-refractivity contribution in [2.24, 2.45) is 5.92 Å². The Morgan fingerprint density at radius 3 is 2.47 bits per heavy atom. The van der Waals surface area contributed by atoms with Crippen LogP contribution in [0, 0.1) is 19.8 Å². The Morgan fingerprint density at radius 2 is 1.93 bits per heavy atom. The zero-order valence-corrected chi connectivity index (χ0v) is 9.53. The molecule has 1 aromatic heterocycles. The van der Waals surface area contributed by atoms with Gasteiger partial charge in [-0.2, -0.15) is 0 Å². The molecule has 1 atom stereocenters. The number of aliphatic hydroxyl groups is 1. The molecule has 0 radical (unpaired) electrons. The van der Waals surface area contributed by atoms with Crippen LogP contribution in [0.1, 0.15) is 48.7 Å². The Labute approximate surface area is 91.4 Å². The van der Waals surface area contributed by atoms with Crippen LogP contribution in [0.15, 0.2) is 12.1 Å². The summed E-state index contributed by atoms with van der Waals surface area (Å²) < 4.78 is 0. The van der Waals surface area contributed by atoms with Crippen LogP contribution >= 0.6 is 0 Å². The lowest BCUT2D eigenvalue weighted by molar-refractivity contribution is 0.162. The van der Waals surface area contributed by atoms with Crippen LogP contribution in [0.25, 0.3) is 0 Å². The van der Waals surface area contributed by atoms with Crippen LogP contribution in [-0.2, 0) is 0 Å². The fourth-order valence-electron chi connectivity index (χ4n) is 2.03. The second-order valence-corrected chi connectivity index (χ2v) is 4.72. The molecule has 1 aliphatic carbocycles. The molecule has 1 aromatic rings. The minimum Gasteiger partial charge on any atom is -0.388 e. The average molecular weight is 205 g/mol. The van der Waals surface area contributed by atoms with Crippen molar-refractivity contribution in [1.29, 1.82) is 0 Å². The second kappa shape index (κ2) is 4.31. The fraction of sp³-hybridized carbons (Fsp3) is 0.615. The summed E-state index contributed by atoms with van der Waals surface area (Å²) in [5, 5.41) is 10.0. The van der Waals surface area contributed by atoms with Gasteiger partial charge in [-0.15, -0.1) is 0 Å². The highest BCUT2D eigenvalue weighted by Gasteiger charge is 2.22. The average Bonchev–Trinajstić information content (AvgIpc) is 2.96. The summed E-state index contributed by atoms with van der Waals surface area (Å²) in [5.74, 6) is 0.892. The van der Waals surface area contributed by atoms with E-state index in [9.17, 15) is 5.11 Å². The van der Waals surface area contributed by atoms with Crippen molar-refractivity contribution in [2.45, 2.75) is 45.6 Å². The molecule has 1 N–H and O–H groups in total. The van der Waals surface area contributed by atoms with Crippen LogP contribution < -0.4 is 0 Å². The Hall–Kier alpha value is -0.890. The van der Waals surface area contributed by atoms with Crippen LogP contribution in [0.2, 0.25) is 0 Å². The maximum Gasteiger partial charge on any atom is 0.0791 e. The Bertz CT molecular complexity index is 324. The molecule has 82 valence electrons. The zero-order valence-electron chi connectivity index (χ0n) is 9.53. The third kappa shape index (κ3) is 3.03. The number of hydrogen-bond donors (Lipinski definition) is 1. The number of pyridine rings is 1. The molecule has 0 saturated heterocycles. The van der Waals surface area contributed by atoms with E-state index in [1.165, 1.54) is 19.3 Å². The van der Waals surface area contributed by atoms with Gasteiger partial charge in [0.2, 0.25) is 0 Å². The molecule has 1 aliphatic rings. The van der Waals surface area contributed by atoms with E-state index in [4.69, 9.17) is 0 Å². The van der Waals surface area contributed by atoms with E-state index in [0.29, 0.717) is 0 Å². The lowest BCUT2D eigenvalue weighted by Gasteiger charge is -2.11. The normalized spacial score (nSPS) is 17.8. The third-order valence-corrected chi connectivity index (χ3v) is 3.03. The fourth-order valence-corrected chi connectivity index (χ4v) is 2.03. The first-order valence-corrected chi connectivity index (χ1v) is 5.78. The summed E-state index contributed by atoms with van der Waals surface area (Å²) in [7, 11) is 0. The Balaban J connectivity index is 1.99. The molecule has 0 aliphatic heterocycles. The highest BCUT2D eigenvalue weighted by Crippen LogP contribution is 2.35. The molecule has 15 heavy (non-hydrogen) atoms. The first-order valence-electron chi connectivity index (χ1n) is 5.78. The molecule has 1 fully saturated rings. The minimum atomic E-state index is -0.300. The maximum atomic E-state index is 10.0. The highest BCUT2D eigenvalue weighted by atomic mass is 16.3. The van der Waals surface area contributed by atoms with E-state index >= 15 is 0 Å². The van der Waals surface area contributed by atoms with Gasteiger partial charge in [-0.1, -0.05) is 12.8 Å². The quantitative estimate of drug-likeness (QED) is 0.819. The molecule has 0 amide bonds. The van der Waals surface area contributed by atoms with E-state index < -0.39 is 0 Å². The molecule has 2 rings (SSSR count). The molecule has 2 heteroatoms. The summed E-state index contributed by atoms with van der Waals surface area (Å²) in [5.41, 5.74) is 3.02. The summed E-state index contributed by atoms with van der Waals surface area (Å²) in [6, 6.07) is 3.98. The number of aliphatic hydroxyl groups excluding tert-OH is 1. The van der Waals surface area contributed by atoms with E-state index in [-0.39, 0.29) is 6.10 Å². The Kier molecular flexibility index (Phi) is 3.06. The molecule has 1 unspecified atom stereocenters. The largest absolute Gasteiger partial charge is 0.388 e. The summed E-state index contributed by atoms with van der Waals surface area (Å²) in [6.45, 7) is 3.95. The second-order valence-electron chi connectivity index (χ2n) is 4.72. The van der Waals surface area contributed by atoms with E-state index in [0.717, 1.165) is 29.3 Å². The van der Waals surface area contributed by atoms with Crippen molar-refractivity contribution < 1.29 is 5.11 Å². The number of aromatic nitrogens is 1. The van der Waals surface area contributed by atoms with Gasteiger partial charge in [0.1, 0.15) is 0 Å². The molecule has 0 spiro atoms. The minimum absolute atomic E-state index is 0.300. The van der Waals surface area contributed by atoms with Gasteiger partial charge in [-0.3, -0.25) is 4.98 Å². The number of rotatable bonds is 4. The van der Waals surface area contributed by atoms with Gasteiger partial charge < -0.3 is 5.11 Å². The predicted octanol–water partition coefficient (Wildman–Crippen LogP) is 2.92. The van der Waals surface area contributed by atoms with Crippen LogP contribution in [0.3, 0.4) is 0 Å². The topological polar surface area (TPSA) is 33.1 Å². The predicted molar refractivity (Wildman–Crippen MR) is 60.6 cm³/mol. The molecule has 1 saturated carbocycles. The number of hydrogen-bond acceptors (Lipinski definition) is 2. The zero-order chi connectivity index (χ0) is 10.8. The Morgan fingerprint density at radius 1 is 1.33 bits per heavy atom. The van der Waals surface area contributed by atoms with Crippen molar-refractivity contribution in [3.63, 3.8) is 0 Å². The lowest BCUT2D eigenvalue weighted by atomic mass is 10.0. The van der Waals surface area contributed by atoms with Crippen molar-refractivity contribution in [2.75, 3.05) is 0 Å². The first kappa shape index (κ1) is 10.6. The van der Waals surface area contributed by atoms with E-state index in [2.05, 4.69) is 4.98 Å². The van der Waals surface area contributed by atoms with Crippen molar-refractivity contribution in [3.8, 4) is 0 Å². The van der Waals surface area contributed by atoms with Crippen molar-refractivity contribution in [3.05, 3.63) is 29.1 Å². The molecular weight excluding hydrogens is 186 g/mol. The van der Waals surface area contributed by atoms with Gasteiger partial charge in [0, 0.05) is 11.4 Å². The van der Waals surface area contributed by atoms with E-state index in [1.807, 2.05) is 26.0 Å². The monoisotopic (exact) mass is 205 g/mol. The number of aryl methyl sites for hydroxylation is 2. The SMILES string of the molecule is Cc1cc(C(O)CCC2CC2)cc(C)n1.